The SMILES string of the molecule is Cc1cc(C#Cc2ccccc2)sc1-c1sc(C#Cc2ccccc2)cc1C. The minimum Gasteiger partial charge on any atom is -0.125 e. The monoisotopic (exact) mass is 394 g/mol. The van der Waals surface area contributed by atoms with Gasteiger partial charge in [-0.3, -0.25) is 0 Å². The van der Waals surface area contributed by atoms with Crippen molar-refractivity contribution in [3.63, 3.8) is 0 Å². The standard InChI is InChI=1S/C26H18S2/c1-19-17-23(15-13-21-9-5-3-6-10-21)27-25(19)26-20(2)18-24(28-26)16-14-22-11-7-4-8-12-22/h3-12,17-18H,1-2H3. The fraction of sp³-hybridized carbons (Fsp3) is 0.0769. The molecule has 0 radical (unpaired) electrons. The molecule has 0 aliphatic carbocycles. The summed E-state index contributed by atoms with van der Waals surface area (Å²) in [6.07, 6.45) is 0. The summed E-state index contributed by atoms with van der Waals surface area (Å²) in [5.74, 6) is 13.1. The van der Waals surface area contributed by atoms with E-state index in [0.29, 0.717) is 0 Å². The third-order valence-electron chi connectivity index (χ3n) is 4.25. The van der Waals surface area contributed by atoms with Crippen molar-refractivity contribution < 1.29 is 0 Å². The number of rotatable bonds is 1. The largest absolute Gasteiger partial charge is 0.125 e. The number of aryl methyl sites for hydroxylation is 2. The zero-order chi connectivity index (χ0) is 19.3. The van der Waals surface area contributed by atoms with Crippen LogP contribution in [-0.2, 0) is 0 Å². The molecule has 2 heterocycles. The van der Waals surface area contributed by atoms with Crippen molar-refractivity contribution >= 4 is 22.7 Å². The molecule has 0 atom stereocenters. The third-order valence-corrected chi connectivity index (χ3v) is 6.72. The lowest BCUT2D eigenvalue weighted by molar-refractivity contribution is 1.51. The second-order valence-corrected chi connectivity index (χ2v) is 8.58. The lowest BCUT2D eigenvalue weighted by atomic mass is 10.2. The molecule has 0 saturated carbocycles. The highest BCUT2D eigenvalue weighted by atomic mass is 32.1. The molecule has 0 amide bonds. The average molecular weight is 395 g/mol. The molecule has 0 aliphatic rings. The van der Waals surface area contributed by atoms with Gasteiger partial charge in [-0.2, -0.15) is 0 Å². The lowest BCUT2D eigenvalue weighted by Gasteiger charge is -1.96. The van der Waals surface area contributed by atoms with E-state index in [1.165, 1.54) is 20.9 Å². The molecule has 28 heavy (non-hydrogen) atoms. The van der Waals surface area contributed by atoms with Gasteiger partial charge in [0.05, 0.1) is 9.75 Å². The van der Waals surface area contributed by atoms with Gasteiger partial charge in [0.25, 0.3) is 0 Å². The third kappa shape index (κ3) is 4.26. The Morgan fingerprint density at radius 3 is 1.32 bits per heavy atom. The van der Waals surface area contributed by atoms with E-state index in [1.807, 2.05) is 60.7 Å². The Hall–Kier alpha value is -3.04. The molecule has 0 bridgehead atoms. The zero-order valence-corrected chi connectivity index (χ0v) is 17.4. The molecule has 0 saturated heterocycles. The number of hydrogen-bond acceptors (Lipinski definition) is 2. The maximum atomic E-state index is 3.31. The molecule has 4 rings (SSSR count). The number of hydrogen-bond donors (Lipinski definition) is 0. The van der Waals surface area contributed by atoms with Crippen LogP contribution in [0.25, 0.3) is 9.75 Å². The second kappa shape index (κ2) is 8.32. The van der Waals surface area contributed by atoms with Gasteiger partial charge in [0.1, 0.15) is 0 Å². The summed E-state index contributed by atoms with van der Waals surface area (Å²) >= 11 is 3.52. The summed E-state index contributed by atoms with van der Waals surface area (Å²) in [4.78, 5) is 4.79. The molecule has 2 aromatic heterocycles. The lowest BCUT2D eigenvalue weighted by Crippen LogP contribution is -1.72. The van der Waals surface area contributed by atoms with Crippen molar-refractivity contribution in [1.82, 2.24) is 0 Å². The minimum absolute atomic E-state index is 1.04. The quantitative estimate of drug-likeness (QED) is 0.308. The molecule has 134 valence electrons. The highest BCUT2D eigenvalue weighted by Crippen LogP contribution is 2.39. The summed E-state index contributed by atoms with van der Waals surface area (Å²) in [5, 5.41) is 0. The van der Waals surface area contributed by atoms with E-state index < -0.39 is 0 Å². The van der Waals surface area contributed by atoms with Crippen molar-refractivity contribution in [2.75, 3.05) is 0 Å². The van der Waals surface area contributed by atoms with Gasteiger partial charge in [0.2, 0.25) is 0 Å². The summed E-state index contributed by atoms with van der Waals surface area (Å²) < 4.78 is 0. The van der Waals surface area contributed by atoms with Gasteiger partial charge < -0.3 is 0 Å². The first-order valence-electron chi connectivity index (χ1n) is 9.04. The van der Waals surface area contributed by atoms with Crippen LogP contribution in [0.15, 0.2) is 72.8 Å². The number of benzene rings is 2. The summed E-state index contributed by atoms with van der Waals surface area (Å²) in [5.41, 5.74) is 4.63. The Morgan fingerprint density at radius 2 is 0.929 bits per heavy atom. The van der Waals surface area contributed by atoms with Crippen LogP contribution in [-0.4, -0.2) is 0 Å². The van der Waals surface area contributed by atoms with Crippen LogP contribution in [0.5, 0.6) is 0 Å². The predicted molar refractivity (Wildman–Crippen MR) is 122 cm³/mol. The first-order valence-corrected chi connectivity index (χ1v) is 10.7. The molecular formula is C26H18S2. The first kappa shape index (κ1) is 18.3. The van der Waals surface area contributed by atoms with Gasteiger partial charge in [0.15, 0.2) is 0 Å². The van der Waals surface area contributed by atoms with E-state index in [9.17, 15) is 0 Å². The highest BCUT2D eigenvalue weighted by molar-refractivity contribution is 7.23. The van der Waals surface area contributed by atoms with Gasteiger partial charge >= 0.3 is 0 Å². The van der Waals surface area contributed by atoms with E-state index in [0.717, 1.165) is 20.9 Å². The van der Waals surface area contributed by atoms with E-state index in [1.54, 1.807) is 22.7 Å². The van der Waals surface area contributed by atoms with Crippen LogP contribution in [0.4, 0.5) is 0 Å². The van der Waals surface area contributed by atoms with Crippen LogP contribution in [0, 0.1) is 37.5 Å². The molecule has 0 N–H and O–H groups in total. The fourth-order valence-corrected chi connectivity index (χ4v) is 5.16. The van der Waals surface area contributed by atoms with E-state index >= 15 is 0 Å². The van der Waals surface area contributed by atoms with Crippen molar-refractivity contribution in [3.05, 3.63) is 105 Å². The minimum atomic E-state index is 1.04. The Kier molecular flexibility index (Phi) is 5.45. The van der Waals surface area contributed by atoms with Crippen molar-refractivity contribution in [1.29, 1.82) is 0 Å². The summed E-state index contributed by atoms with van der Waals surface area (Å²) in [7, 11) is 0. The topological polar surface area (TPSA) is 0 Å². The molecule has 0 aliphatic heterocycles. The van der Waals surface area contributed by atoms with Crippen LogP contribution in [0.2, 0.25) is 0 Å². The molecule has 2 heteroatoms. The maximum absolute atomic E-state index is 3.31. The van der Waals surface area contributed by atoms with Gasteiger partial charge in [-0.25, -0.2) is 0 Å². The van der Waals surface area contributed by atoms with E-state index in [-0.39, 0.29) is 0 Å². The smallest absolute Gasteiger partial charge is 0.0781 e. The molecular weight excluding hydrogens is 376 g/mol. The molecule has 0 fully saturated rings. The Labute approximate surface area is 174 Å². The molecule has 4 aromatic rings. The van der Waals surface area contributed by atoms with Crippen molar-refractivity contribution in [2.24, 2.45) is 0 Å². The summed E-state index contributed by atoms with van der Waals surface area (Å²) in [6, 6.07) is 24.6. The van der Waals surface area contributed by atoms with E-state index in [4.69, 9.17) is 0 Å². The van der Waals surface area contributed by atoms with Crippen molar-refractivity contribution in [2.45, 2.75) is 13.8 Å². The molecule has 0 spiro atoms. The maximum Gasteiger partial charge on any atom is 0.0781 e. The molecule has 0 unspecified atom stereocenters. The van der Waals surface area contributed by atoms with E-state index in [2.05, 4.69) is 49.7 Å². The predicted octanol–water partition coefficient (Wildman–Crippen LogP) is 6.89. The van der Waals surface area contributed by atoms with Crippen LogP contribution < -0.4 is 0 Å². The summed E-state index contributed by atoms with van der Waals surface area (Å²) in [6.45, 7) is 4.32. The molecule has 0 nitrogen and oxygen atoms in total. The molecule has 2 aromatic carbocycles. The van der Waals surface area contributed by atoms with Crippen molar-refractivity contribution in [3.8, 4) is 33.4 Å². The highest BCUT2D eigenvalue weighted by Gasteiger charge is 2.12. The normalized spacial score (nSPS) is 9.93. The average Bonchev–Trinajstić information content (AvgIpc) is 3.28. The fourth-order valence-electron chi connectivity index (χ4n) is 2.85. The van der Waals surface area contributed by atoms with Gasteiger partial charge in [0, 0.05) is 20.9 Å². The Balaban J connectivity index is 1.62. The number of thiophene rings is 2. The second-order valence-electron chi connectivity index (χ2n) is 6.48. The van der Waals surface area contributed by atoms with Crippen LogP contribution in [0.1, 0.15) is 32.0 Å². The Morgan fingerprint density at radius 1 is 0.536 bits per heavy atom. The Bertz CT molecular complexity index is 1120. The van der Waals surface area contributed by atoms with Gasteiger partial charge in [-0.05, 0) is 61.4 Å². The van der Waals surface area contributed by atoms with Crippen LogP contribution in [0.3, 0.4) is 0 Å². The first-order chi connectivity index (χ1) is 13.7. The van der Waals surface area contributed by atoms with Crippen LogP contribution >= 0.6 is 22.7 Å². The van der Waals surface area contributed by atoms with Gasteiger partial charge in [-0.1, -0.05) is 60.1 Å². The zero-order valence-electron chi connectivity index (χ0n) is 15.7. The van der Waals surface area contributed by atoms with Gasteiger partial charge in [-0.15, -0.1) is 22.7 Å².